The normalized spacial score (nSPS) is 11.1. The summed E-state index contributed by atoms with van der Waals surface area (Å²) < 4.78 is 294. The van der Waals surface area contributed by atoms with Gasteiger partial charge in [-0.25, -0.2) is 87.8 Å². The third kappa shape index (κ3) is 13.4. The van der Waals surface area contributed by atoms with E-state index in [1.807, 2.05) is 39.3 Å². The Kier molecular flexibility index (Phi) is 24.6. The Morgan fingerprint density at radius 3 is 0.750 bits per heavy atom. The number of anilines is 1. The van der Waals surface area contributed by atoms with E-state index in [1.165, 1.54) is 5.69 Å². The molecule has 0 aliphatic rings. The number of rotatable bonds is 13. The van der Waals surface area contributed by atoms with Crippen molar-refractivity contribution in [2.75, 3.05) is 52.2 Å². The minimum atomic E-state index is -7.22. The van der Waals surface area contributed by atoms with Crippen molar-refractivity contribution in [2.24, 2.45) is 0 Å². The SMILES string of the molecule is CN(C)c1ccccc1.CN(CC[N-]c1c(Cl)cccc1Cl)CC[N-]c1c(Cl)cccc1Cl.Fc1c(F)c(F)c([B-](c2c(F)c(F)c(F)c(F)c2F)(c2c(F)c(F)c(F)c(F)c2F)c2c(F)c(F)c(F)c(F)c2F)c(F)c1F.[CH3-].[Zr+4]. The molecule has 0 aliphatic carbocycles. The maximum atomic E-state index is 15.4. The summed E-state index contributed by atoms with van der Waals surface area (Å²) in [6.45, 7) is 2.75. The molecule has 0 heterocycles. The number of nitrogens with zero attached hydrogens (tertiary/aromatic N) is 4. The summed E-state index contributed by atoms with van der Waals surface area (Å²) in [5, 5.41) is 11.2. The zero-order chi connectivity index (χ0) is 58.6. The third-order valence-electron chi connectivity index (χ3n) is 11.4. The Bertz CT molecular complexity index is 2910. The van der Waals surface area contributed by atoms with Crippen LogP contribution < -0.4 is 26.8 Å². The minimum absolute atomic E-state index is 0. The Labute approximate surface area is 481 Å². The van der Waals surface area contributed by atoms with Crippen LogP contribution in [0.25, 0.3) is 10.6 Å². The molecule has 0 spiro atoms. The van der Waals surface area contributed by atoms with Gasteiger partial charge >= 0.3 is 26.2 Å². The molecule has 426 valence electrons. The number of likely N-dealkylation sites (N-methyl/N-ethyl adjacent to an activating group) is 1. The Morgan fingerprint density at radius 2 is 0.550 bits per heavy atom. The number of hydrogen-bond donors (Lipinski definition) is 0. The largest absolute Gasteiger partial charge is 4.00 e. The Morgan fingerprint density at radius 1 is 0.338 bits per heavy atom. The van der Waals surface area contributed by atoms with Crippen LogP contribution in [0.3, 0.4) is 0 Å². The van der Waals surface area contributed by atoms with Gasteiger partial charge in [0, 0.05) is 39.9 Å². The van der Waals surface area contributed by atoms with Crippen LogP contribution in [-0.4, -0.2) is 58.4 Å². The average molecular weight is 1310 g/mol. The topological polar surface area (TPSA) is 34.7 Å². The molecule has 0 radical (unpaired) electrons. The van der Waals surface area contributed by atoms with E-state index >= 15 is 35.1 Å². The summed E-state index contributed by atoms with van der Waals surface area (Å²) in [7, 11) is 6.08. The fraction of sp³-hybridized carbons (Fsp3) is 0.140. The smallest absolute Gasteiger partial charge is 0.681 e. The van der Waals surface area contributed by atoms with Crippen molar-refractivity contribution in [3.63, 3.8) is 0 Å². The molecule has 0 fully saturated rings. The van der Waals surface area contributed by atoms with Gasteiger partial charge in [0.1, 0.15) is 52.7 Å². The molecule has 7 rings (SSSR count). The van der Waals surface area contributed by atoms with Crippen LogP contribution in [0.5, 0.6) is 0 Å². The van der Waals surface area contributed by atoms with Crippen LogP contribution in [-0.2, 0) is 26.2 Å². The van der Waals surface area contributed by atoms with Crippen LogP contribution in [0.15, 0.2) is 66.7 Å². The fourth-order valence-corrected chi connectivity index (χ4v) is 8.69. The van der Waals surface area contributed by atoms with Gasteiger partial charge in [-0.1, -0.05) is 76.7 Å². The van der Waals surface area contributed by atoms with Crippen LogP contribution in [0.2, 0.25) is 20.1 Å². The maximum absolute atomic E-state index is 15.4. The van der Waals surface area contributed by atoms with Gasteiger partial charge in [0.15, 0.2) is 69.8 Å². The van der Waals surface area contributed by atoms with Gasteiger partial charge in [-0.2, -0.15) is 0 Å². The predicted molar refractivity (Wildman–Crippen MR) is 263 cm³/mol. The summed E-state index contributed by atoms with van der Waals surface area (Å²) in [5.74, 6) is -71.4. The fourth-order valence-electron chi connectivity index (χ4n) is 7.66. The Hall–Kier alpha value is -5.39. The summed E-state index contributed by atoms with van der Waals surface area (Å²) in [6.07, 6.45) is -7.22. The van der Waals surface area contributed by atoms with Gasteiger partial charge in [0.05, 0.1) is 0 Å². The number of hydrogen-bond acceptors (Lipinski definition) is 2. The molecule has 0 N–H and O–H groups in total. The van der Waals surface area contributed by atoms with Gasteiger partial charge in [0.2, 0.25) is 0 Å². The van der Waals surface area contributed by atoms with Crippen molar-refractivity contribution in [1.29, 1.82) is 0 Å². The molecule has 0 unspecified atom stereocenters. The molecule has 0 saturated heterocycles. The summed E-state index contributed by atoms with van der Waals surface area (Å²) >= 11 is 24.4. The summed E-state index contributed by atoms with van der Waals surface area (Å²) in [5.41, 5.74) is -11.8. The monoisotopic (exact) mass is 1310 g/mol. The average Bonchev–Trinajstić information content (AvgIpc) is 3.40. The quantitative estimate of drug-likeness (QED) is 0.0379. The standard InChI is InChI=1S/C24BF20.C17H17Cl4N3.C8H11N.CH3.Zr/c26-5-1(6(27)14(35)21(42)13(5)34)25(2-7(28)15(36)22(43)16(37)8(2)29,3-9(30)17(38)23(44)18(39)10(3)31)4-11(32)19(40)24(45)20(41)12(4)33;1-24(10-8-22-16-12(18)4-2-5-13(16)19)11-9-23-17-14(20)6-3-7-15(17)21;1-9(2)8-6-4-3-5-7-8;;/h;2-7H,8-11H2,1H3;3-7H,1-2H3;1H3;/q-1;-2;;-1;+4. The zero-order valence-electron chi connectivity index (χ0n) is 40.6. The molecule has 0 atom stereocenters. The van der Waals surface area contributed by atoms with Crippen molar-refractivity contribution < 1.29 is 114 Å². The van der Waals surface area contributed by atoms with Gasteiger partial charge < -0.3 is 27.9 Å². The summed E-state index contributed by atoms with van der Waals surface area (Å²) in [6, 6.07) is 21.0. The third-order valence-corrected chi connectivity index (χ3v) is 12.6. The van der Waals surface area contributed by atoms with E-state index in [0.717, 1.165) is 13.1 Å². The van der Waals surface area contributed by atoms with E-state index in [9.17, 15) is 52.7 Å². The van der Waals surface area contributed by atoms with Crippen LogP contribution >= 0.6 is 46.4 Å². The molecular formula is C50H31BCl4F20N4Zr. The van der Waals surface area contributed by atoms with E-state index < -0.39 is 144 Å². The molecule has 0 amide bonds. The first-order chi connectivity index (χ1) is 36.5. The van der Waals surface area contributed by atoms with Gasteiger partial charge in [-0.05, 0) is 56.5 Å². The molecule has 4 nitrogen and oxygen atoms in total. The van der Waals surface area contributed by atoms with Gasteiger partial charge in [-0.3, -0.25) is 0 Å². The molecule has 0 saturated carbocycles. The molecule has 80 heavy (non-hydrogen) atoms. The van der Waals surface area contributed by atoms with E-state index in [0.29, 0.717) is 44.6 Å². The number of benzene rings is 7. The van der Waals surface area contributed by atoms with E-state index in [4.69, 9.17) is 46.4 Å². The second-order valence-electron chi connectivity index (χ2n) is 16.2. The van der Waals surface area contributed by atoms with E-state index in [1.54, 1.807) is 36.4 Å². The minimum Gasteiger partial charge on any atom is -0.681 e. The molecule has 7 aromatic rings. The van der Waals surface area contributed by atoms with Crippen molar-refractivity contribution in [3.8, 4) is 0 Å². The first kappa shape index (κ1) is 68.9. The van der Waals surface area contributed by atoms with Crippen molar-refractivity contribution in [2.45, 2.75) is 0 Å². The number of para-hydroxylation sites is 3. The van der Waals surface area contributed by atoms with Crippen molar-refractivity contribution in [1.82, 2.24) is 4.90 Å². The van der Waals surface area contributed by atoms with Crippen molar-refractivity contribution >= 4 is 91.5 Å². The number of halogens is 24. The van der Waals surface area contributed by atoms with Crippen LogP contribution in [0.1, 0.15) is 0 Å². The van der Waals surface area contributed by atoms with Gasteiger partial charge in [0.25, 0.3) is 0 Å². The molecule has 30 heteroatoms. The zero-order valence-corrected chi connectivity index (χ0v) is 46.1. The van der Waals surface area contributed by atoms with Crippen LogP contribution in [0.4, 0.5) is 105 Å². The Balaban J connectivity index is 0.000000399. The maximum Gasteiger partial charge on any atom is 4.00 e. The molecule has 0 aliphatic heterocycles. The van der Waals surface area contributed by atoms with E-state index in [2.05, 4.69) is 32.6 Å². The van der Waals surface area contributed by atoms with E-state index in [-0.39, 0.29) is 33.6 Å². The molecule has 7 aromatic carbocycles. The second kappa shape index (κ2) is 28.5. The van der Waals surface area contributed by atoms with Crippen molar-refractivity contribution in [3.05, 3.63) is 221 Å². The molecule has 0 bridgehead atoms. The second-order valence-corrected chi connectivity index (χ2v) is 17.9. The molecule has 0 aromatic heterocycles. The summed E-state index contributed by atoms with van der Waals surface area (Å²) in [4.78, 5) is 4.21. The first-order valence-electron chi connectivity index (χ1n) is 21.4. The van der Waals surface area contributed by atoms with Gasteiger partial charge in [-0.15, -0.1) is 46.3 Å². The van der Waals surface area contributed by atoms with Crippen LogP contribution in [0, 0.1) is 124 Å². The molecular weight excluding hydrogens is 1280 g/mol. The predicted octanol–water partition coefficient (Wildman–Crippen LogP) is 15.0. The first-order valence-corrected chi connectivity index (χ1v) is 22.9.